The zero-order valence-corrected chi connectivity index (χ0v) is 18.1. The Balaban J connectivity index is 1.33. The first-order valence-electron chi connectivity index (χ1n) is 11.6. The summed E-state index contributed by atoms with van der Waals surface area (Å²) >= 11 is 0. The highest BCUT2D eigenvalue weighted by molar-refractivity contribution is 6.07. The van der Waals surface area contributed by atoms with Gasteiger partial charge in [0.2, 0.25) is 0 Å². The lowest BCUT2D eigenvalue weighted by Gasteiger charge is -2.31. The van der Waals surface area contributed by atoms with Gasteiger partial charge in [-0.05, 0) is 37.0 Å². The molecule has 1 aromatic heterocycles. The maximum atomic E-state index is 13.5. The lowest BCUT2D eigenvalue weighted by molar-refractivity contribution is 0.0782. The number of benzene rings is 2. The van der Waals surface area contributed by atoms with Crippen molar-refractivity contribution < 1.29 is 4.79 Å². The SMILES string of the molecule is O=C(c1n[nH]c2ccccc12)N1CC[C@@]2(C1)NCc1ccccc1NC2=NC1CCCC1. The second-order valence-electron chi connectivity index (χ2n) is 9.23. The van der Waals surface area contributed by atoms with Crippen LogP contribution in [-0.2, 0) is 6.54 Å². The van der Waals surface area contributed by atoms with Crippen LogP contribution in [0, 0.1) is 0 Å². The van der Waals surface area contributed by atoms with Gasteiger partial charge in [0.25, 0.3) is 5.91 Å². The van der Waals surface area contributed by atoms with Crippen LogP contribution in [-0.4, -0.2) is 51.5 Å². The Morgan fingerprint density at radius 3 is 2.81 bits per heavy atom. The number of H-pyrrole nitrogens is 1. The predicted molar refractivity (Wildman–Crippen MR) is 126 cm³/mol. The molecule has 1 atom stereocenters. The van der Waals surface area contributed by atoms with Gasteiger partial charge in [-0.25, -0.2) is 0 Å². The van der Waals surface area contributed by atoms with Gasteiger partial charge >= 0.3 is 0 Å². The van der Waals surface area contributed by atoms with Crippen LogP contribution in [0.3, 0.4) is 0 Å². The number of nitrogens with one attached hydrogen (secondary N) is 3. The van der Waals surface area contributed by atoms with E-state index >= 15 is 0 Å². The maximum Gasteiger partial charge on any atom is 0.275 e. The van der Waals surface area contributed by atoms with Crippen LogP contribution >= 0.6 is 0 Å². The second kappa shape index (κ2) is 7.74. The summed E-state index contributed by atoms with van der Waals surface area (Å²) in [5.41, 5.74) is 3.35. The monoisotopic (exact) mass is 428 g/mol. The van der Waals surface area contributed by atoms with E-state index in [0.29, 0.717) is 24.8 Å². The van der Waals surface area contributed by atoms with Gasteiger partial charge in [-0.15, -0.1) is 0 Å². The minimum atomic E-state index is -0.372. The van der Waals surface area contributed by atoms with Gasteiger partial charge in [-0.3, -0.25) is 20.2 Å². The van der Waals surface area contributed by atoms with E-state index in [4.69, 9.17) is 4.99 Å². The topological polar surface area (TPSA) is 85.4 Å². The molecule has 0 unspecified atom stereocenters. The minimum absolute atomic E-state index is 0.0249. The summed E-state index contributed by atoms with van der Waals surface area (Å²) < 4.78 is 0. The number of aliphatic imine (C=N–C) groups is 1. The number of nitrogens with zero attached hydrogens (tertiary/aromatic N) is 3. The van der Waals surface area contributed by atoms with E-state index < -0.39 is 0 Å². The van der Waals surface area contributed by atoms with Gasteiger partial charge in [0.15, 0.2) is 5.69 Å². The van der Waals surface area contributed by atoms with Crippen LogP contribution in [0.5, 0.6) is 0 Å². The number of rotatable bonds is 2. The van der Waals surface area contributed by atoms with Gasteiger partial charge in [0, 0.05) is 30.7 Å². The normalized spacial score (nSPS) is 24.8. The molecule has 164 valence electrons. The van der Waals surface area contributed by atoms with Crippen LogP contribution in [0.15, 0.2) is 53.5 Å². The van der Waals surface area contributed by atoms with Crippen LogP contribution in [0.25, 0.3) is 10.9 Å². The molecule has 2 fully saturated rings. The van der Waals surface area contributed by atoms with E-state index in [0.717, 1.165) is 48.2 Å². The minimum Gasteiger partial charge on any atom is -0.342 e. The van der Waals surface area contributed by atoms with Crippen molar-refractivity contribution in [1.82, 2.24) is 20.4 Å². The molecule has 0 bridgehead atoms. The van der Waals surface area contributed by atoms with Crippen molar-refractivity contribution in [3.05, 3.63) is 59.8 Å². The summed E-state index contributed by atoms with van der Waals surface area (Å²) in [5.74, 6) is 0.958. The number of hydrogen-bond acceptors (Lipinski definition) is 4. The molecular formula is C25H28N6O. The van der Waals surface area contributed by atoms with Gasteiger partial charge in [0.05, 0.1) is 17.1 Å². The van der Waals surface area contributed by atoms with Crippen LogP contribution in [0.1, 0.15) is 48.2 Å². The number of amides is 1. The Bertz CT molecular complexity index is 1190. The van der Waals surface area contributed by atoms with E-state index in [-0.39, 0.29) is 11.4 Å². The fourth-order valence-corrected chi connectivity index (χ4v) is 5.36. The van der Waals surface area contributed by atoms with Gasteiger partial charge in [-0.2, -0.15) is 5.10 Å². The van der Waals surface area contributed by atoms with E-state index in [9.17, 15) is 4.79 Å². The Morgan fingerprint density at radius 1 is 1.09 bits per heavy atom. The molecule has 3 aromatic rings. The van der Waals surface area contributed by atoms with Gasteiger partial charge < -0.3 is 10.2 Å². The number of anilines is 1. The summed E-state index contributed by atoms with van der Waals surface area (Å²) in [6, 6.07) is 16.6. The summed E-state index contributed by atoms with van der Waals surface area (Å²) in [5, 5.41) is 15.7. The van der Waals surface area contributed by atoms with E-state index in [1.807, 2.05) is 29.2 Å². The molecule has 2 aromatic carbocycles. The molecule has 1 saturated carbocycles. The number of hydrogen-bond donors (Lipinski definition) is 3. The lowest BCUT2D eigenvalue weighted by Crippen LogP contribution is -2.55. The van der Waals surface area contributed by atoms with Crippen LogP contribution in [0.2, 0.25) is 0 Å². The third kappa shape index (κ3) is 3.28. The van der Waals surface area contributed by atoms with Crippen molar-refractivity contribution in [2.45, 2.75) is 50.2 Å². The predicted octanol–water partition coefficient (Wildman–Crippen LogP) is 3.70. The van der Waals surface area contributed by atoms with Crippen molar-refractivity contribution in [3.8, 4) is 0 Å². The molecule has 0 radical (unpaired) electrons. The number of fused-ring (bicyclic) bond motifs is 2. The molecule has 1 spiro atoms. The molecule has 2 aliphatic heterocycles. The zero-order valence-electron chi connectivity index (χ0n) is 18.1. The van der Waals surface area contributed by atoms with Gasteiger partial charge in [-0.1, -0.05) is 49.2 Å². The van der Waals surface area contributed by atoms with E-state index in [2.05, 4.69) is 45.1 Å². The zero-order chi connectivity index (χ0) is 21.5. The van der Waals surface area contributed by atoms with E-state index in [1.165, 1.54) is 18.4 Å². The number of carbonyl (C=O) groups excluding carboxylic acids is 1. The summed E-state index contributed by atoms with van der Waals surface area (Å²) in [6.07, 6.45) is 5.61. The average Bonchev–Trinajstić information content (AvgIpc) is 3.56. The molecular weight excluding hydrogens is 400 g/mol. The molecule has 3 heterocycles. The summed E-state index contributed by atoms with van der Waals surface area (Å²) in [7, 11) is 0. The number of carbonyl (C=O) groups is 1. The number of aromatic nitrogens is 2. The highest BCUT2D eigenvalue weighted by Gasteiger charge is 2.46. The fraction of sp³-hybridized carbons (Fsp3) is 0.400. The number of para-hydroxylation sites is 2. The smallest absolute Gasteiger partial charge is 0.275 e. The maximum absolute atomic E-state index is 13.5. The first-order chi connectivity index (χ1) is 15.7. The first kappa shape index (κ1) is 19.5. The molecule has 32 heavy (non-hydrogen) atoms. The fourth-order valence-electron chi connectivity index (χ4n) is 5.36. The Morgan fingerprint density at radius 2 is 1.91 bits per heavy atom. The Kier molecular flexibility index (Phi) is 4.72. The molecule has 1 saturated heterocycles. The molecule has 1 aliphatic carbocycles. The van der Waals surface area contributed by atoms with Crippen LogP contribution < -0.4 is 10.6 Å². The molecule has 3 N–H and O–H groups in total. The highest BCUT2D eigenvalue weighted by atomic mass is 16.2. The number of aromatic amines is 1. The largest absolute Gasteiger partial charge is 0.342 e. The molecule has 1 amide bonds. The Labute approximate surface area is 187 Å². The van der Waals surface area contributed by atoms with Gasteiger partial charge in [0.1, 0.15) is 5.84 Å². The molecule has 3 aliphatic rings. The van der Waals surface area contributed by atoms with Crippen molar-refractivity contribution in [3.63, 3.8) is 0 Å². The van der Waals surface area contributed by atoms with E-state index in [1.54, 1.807) is 0 Å². The highest BCUT2D eigenvalue weighted by Crippen LogP contribution is 2.32. The Hall–Kier alpha value is -3.19. The standard InChI is InChI=1S/C25H28N6O/c32-23(22-19-10-4-6-12-21(19)29-30-22)31-14-13-25(16-31)24(27-18-8-2-3-9-18)28-20-11-5-1-7-17(20)15-26-25/h1,4-7,10-12,18,26H,2-3,8-9,13-16H2,(H,27,28)(H,29,30)/t25-/m0/s1. The van der Waals surface area contributed by atoms with Crippen LogP contribution in [0.4, 0.5) is 5.69 Å². The molecule has 7 heteroatoms. The third-order valence-corrected chi connectivity index (χ3v) is 7.21. The lowest BCUT2D eigenvalue weighted by atomic mass is 9.96. The number of likely N-dealkylation sites (tertiary alicyclic amines) is 1. The molecule has 6 rings (SSSR count). The summed E-state index contributed by atoms with van der Waals surface area (Å²) in [6.45, 7) is 2.01. The third-order valence-electron chi connectivity index (χ3n) is 7.21. The quantitative estimate of drug-likeness (QED) is 0.581. The first-order valence-corrected chi connectivity index (χ1v) is 11.6. The average molecular weight is 429 g/mol. The number of amidine groups is 1. The van der Waals surface area contributed by atoms with Crippen molar-refractivity contribution in [2.24, 2.45) is 4.99 Å². The van der Waals surface area contributed by atoms with Crippen molar-refractivity contribution in [2.75, 3.05) is 18.4 Å². The van der Waals surface area contributed by atoms with Crippen molar-refractivity contribution >= 4 is 28.3 Å². The summed E-state index contributed by atoms with van der Waals surface area (Å²) in [4.78, 5) is 20.6. The second-order valence-corrected chi connectivity index (χ2v) is 9.23. The molecule has 7 nitrogen and oxygen atoms in total. The van der Waals surface area contributed by atoms with Crippen molar-refractivity contribution in [1.29, 1.82) is 0 Å².